The number of nitrogens with two attached hydrogens (primary N) is 1. The van der Waals surface area contributed by atoms with Gasteiger partial charge in [0.1, 0.15) is 0 Å². The van der Waals surface area contributed by atoms with Crippen LogP contribution in [0, 0.1) is 0 Å². The van der Waals surface area contributed by atoms with Gasteiger partial charge in [0, 0.05) is 36.2 Å². The average Bonchev–Trinajstić information content (AvgIpc) is 3.24. The van der Waals surface area contributed by atoms with Crippen molar-refractivity contribution in [2.75, 3.05) is 23.7 Å². The molecule has 5 nitrogen and oxygen atoms in total. The van der Waals surface area contributed by atoms with Gasteiger partial charge in [0.05, 0.1) is 28.0 Å². The fraction of sp³-hybridized carbons (Fsp3) is 0.273. The molecule has 0 aliphatic carbocycles. The molecular weight excluding hydrogens is 429 g/mol. The fourth-order valence-corrected chi connectivity index (χ4v) is 3.92. The van der Waals surface area contributed by atoms with Gasteiger partial charge in [0.25, 0.3) is 0 Å². The first-order valence-corrected chi connectivity index (χ1v) is 10.2. The van der Waals surface area contributed by atoms with E-state index in [0.29, 0.717) is 11.3 Å². The summed E-state index contributed by atoms with van der Waals surface area (Å²) in [6, 6.07) is 8.83. The van der Waals surface area contributed by atoms with Gasteiger partial charge in [-0.2, -0.15) is 18.3 Å². The number of piperidine rings is 1. The molecule has 3 aromatic rings. The van der Waals surface area contributed by atoms with Crippen molar-refractivity contribution in [3.63, 3.8) is 0 Å². The topological polar surface area (TPSA) is 64.2 Å². The van der Waals surface area contributed by atoms with Crippen LogP contribution >= 0.6 is 11.6 Å². The highest BCUT2D eigenvalue weighted by molar-refractivity contribution is 6.31. The van der Waals surface area contributed by atoms with Gasteiger partial charge in [-0.25, -0.2) is 4.68 Å². The number of hydrogen-bond donors (Lipinski definition) is 1. The molecule has 1 aliphatic heterocycles. The summed E-state index contributed by atoms with van der Waals surface area (Å²) in [4.78, 5) is 15.3. The first-order chi connectivity index (χ1) is 14.7. The number of benzene rings is 2. The van der Waals surface area contributed by atoms with E-state index in [0.717, 1.165) is 43.8 Å². The Morgan fingerprint density at radius 3 is 2.45 bits per heavy atom. The third kappa shape index (κ3) is 4.39. The number of anilines is 2. The molecule has 2 heterocycles. The molecule has 0 bridgehead atoms. The van der Waals surface area contributed by atoms with Crippen LogP contribution in [0.1, 0.15) is 40.7 Å². The zero-order valence-electron chi connectivity index (χ0n) is 16.5. The summed E-state index contributed by atoms with van der Waals surface area (Å²) >= 11 is 5.68. The SMILES string of the molecule is Nc1ccc(N2CCCCC2)cc1C(=O)c1cnn(-c2ccc(Cl)c(C(F)(F)F)c2)c1. The number of rotatable bonds is 4. The molecule has 0 spiro atoms. The van der Waals surface area contributed by atoms with Crippen LogP contribution in [0.25, 0.3) is 5.69 Å². The molecule has 0 atom stereocenters. The lowest BCUT2D eigenvalue weighted by Gasteiger charge is -2.29. The van der Waals surface area contributed by atoms with E-state index in [4.69, 9.17) is 17.3 Å². The lowest BCUT2D eigenvalue weighted by molar-refractivity contribution is -0.137. The predicted octanol–water partition coefficient (Wildman–Crippen LogP) is 5.35. The first kappa shape index (κ1) is 21.2. The van der Waals surface area contributed by atoms with Gasteiger partial charge in [-0.05, 0) is 55.7 Å². The van der Waals surface area contributed by atoms with Crippen LogP contribution in [-0.4, -0.2) is 28.7 Å². The summed E-state index contributed by atoms with van der Waals surface area (Å²) in [5.74, 6) is -0.340. The van der Waals surface area contributed by atoms with E-state index in [1.165, 1.54) is 29.6 Å². The molecule has 2 aromatic carbocycles. The van der Waals surface area contributed by atoms with Gasteiger partial charge in [-0.1, -0.05) is 11.6 Å². The van der Waals surface area contributed by atoms with Crippen molar-refractivity contribution in [1.29, 1.82) is 0 Å². The Morgan fingerprint density at radius 1 is 1.03 bits per heavy atom. The van der Waals surface area contributed by atoms with E-state index in [1.807, 2.05) is 6.07 Å². The zero-order valence-corrected chi connectivity index (χ0v) is 17.2. The van der Waals surface area contributed by atoms with Gasteiger partial charge in [0.15, 0.2) is 5.78 Å². The van der Waals surface area contributed by atoms with Crippen molar-refractivity contribution in [1.82, 2.24) is 9.78 Å². The summed E-state index contributed by atoms with van der Waals surface area (Å²) in [6.45, 7) is 1.85. The molecule has 31 heavy (non-hydrogen) atoms. The van der Waals surface area contributed by atoms with Crippen molar-refractivity contribution in [2.45, 2.75) is 25.4 Å². The Hall–Kier alpha value is -3.00. The number of ketones is 1. The number of aromatic nitrogens is 2. The third-order valence-electron chi connectivity index (χ3n) is 5.37. The molecule has 1 saturated heterocycles. The highest BCUT2D eigenvalue weighted by Gasteiger charge is 2.33. The molecule has 0 amide bonds. The van der Waals surface area contributed by atoms with Crippen molar-refractivity contribution in [3.05, 3.63) is 70.5 Å². The predicted molar refractivity (Wildman–Crippen MR) is 114 cm³/mol. The molecule has 0 saturated carbocycles. The highest BCUT2D eigenvalue weighted by Crippen LogP contribution is 2.36. The highest BCUT2D eigenvalue weighted by atomic mass is 35.5. The molecule has 1 aliphatic rings. The molecular formula is C22H20ClF3N4O. The first-order valence-electron chi connectivity index (χ1n) is 9.85. The van der Waals surface area contributed by atoms with Crippen LogP contribution in [0.4, 0.5) is 24.5 Å². The van der Waals surface area contributed by atoms with E-state index in [9.17, 15) is 18.0 Å². The fourth-order valence-electron chi connectivity index (χ4n) is 3.70. The summed E-state index contributed by atoms with van der Waals surface area (Å²) < 4.78 is 40.7. The third-order valence-corrected chi connectivity index (χ3v) is 5.70. The number of nitrogens with zero attached hydrogens (tertiary/aromatic N) is 3. The summed E-state index contributed by atoms with van der Waals surface area (Å²) in [5.41, 5.74) is 7.07. The van der Waals surface area contributed by atoms with E-state index in [2.05, 4.69) is 10.00 Å². The zero-order chi connectivity index (χ0) is 22.2. The van der Waals surface area contributed by atoms with Crippen LogP contribution in [0.2, 0.25) is 5.02 Å². The Balaban J connectivity index is 1.63. The minimum atomic E-state index is -4.60. The van der Waals surface area contributed by atoms with Crippen LogP contribution in [-0.2, 0) is 6.18 Å². The van der Waals surface area contributed by atoms with Gasteiger partial charge >= 0.3 is 6.18 Å². The minimum Gasteiger partial charge on any atom is -0.398 e. The maximum Gasteiger partial charge on any atom is 0.417 e. The van der Waals surface area contributed by atoms with Crippen molar-refractivity contribution < 1.29 is 18.0 Å². The van der Waals surface area contributed by atoms with Crippen molar-refractivity contribution in [3.8, 4) is 5.69 Å². The molecule has 0 unspecified atom stereocenters. The molecule has 2 N–H and O–H groups in total. The van der Waals surface area contributed by atoms with Crippen LogP contribution in [0.3, 0.4) is 0 Å². The Kier molecular flexibility index (Phi) is 5.66. The number of carbonyl (C=O) groups is 1. The summed E-state index contributed by atoms with van der Waals surface area (Å²) in [7, 11) is 0. The van der Waals surface area contributed by atoms with E-state index in [-0.39, 0.29) is 17.0 Å². The number of alkyl halides is 3. The van der Waals surface area contributed by atoms with Gasteiger partial charge in [-0.15, -0.1) is 0 Å². The van der Waals surface area contributed by atoms with Gasteiger partial charge in [0.2, 0.25) is 0 Å². The molecule has 4 rings (SSSR count). The second-order valence-corrected chi connectivity index (χ2v) is 7.89. The van der Waals surface area contributed by atoms with Gasteiger partial charge < -0.3 is 10.6 Å². The van der Waals surface area contributed by atoms with Crippen LogP contribution in [0.15, 0.2) is 48.8 Å². The maximum atomic E-state index is 13.1. The Bertz CT molecular complexity index is 1120. The second-order valence-electron chi connectivity index (χ2n) is 7.48. The Morgan fingerprint density at radius 2 is 1.74 bits per heavy atom. The number of halogens is 4. The normalized spacial score (nSPS) is 14.6. The smallest absolute Gasteiger partial charge is 0.398 e. The standard InChI is InChI=1S/C22H20ClF3N4O/c23-19-6-4-16(11-18(19)22(24,25)26)30-13-14(12-28-30)21(31)17-10-15(5-7-20(17)27)29-8-2-1-3-9-29/h4-7,10-13H,1-3,8-9,27H2. The summed E-state index contributed by atoms with van der Waals surface area (Å²) in [5, 5.41) is 3.66. The quantitative estimate of drug-likeness (QED) is 0.432. The number of nitrogen functional groups attached to an aromatic ring is 1. The lowest BCUT2D eigenvalue weighted by atomic mass is 10.0. The number of carbonyl (C=O) groups excluding carboxylic acids is 1. The average molecular weight is 449 g/mol. The maximum absolute atomic E-state index is 13.1. The molecule has 9 heteroatoms. The lowest BCUT2D eigenvalue weighted by Crippen LogP contribution is -2.29. The monoisotopic (exact) mass is 448 g/mol. The minimum absolute atomic E-state index is 0.144. The van der Waals surface area contributed by atoms with Crippen molar-refractivity contribution >= 4 is 28.8 Å². The molecule has 162 valence electrons. The molecule has 0 radical (unpaired) electrons. The largest absolute Gasteiger partial charge is 0.417 e. The van der Waals surface area contributed by atoms with Crippen LogP contribution in [0.5, 0.6) is 0 Å². The Labute approximate surface area is 182 Å². The molecule has 1 fully saturated rings. The molecule has 1 aromatic heterocycles. The van der Waals surface area contributed by atoms with E-state index < -0.39 is 16.8 Å². The number of hydrogen-bond acceptors (Lipinski definition) is 4. The second kappa shape index (κ2) is 8.26. The van der Waals surface area contributed by atoms with E-state index >= 15 is 0 Å². The van der Waals surface area contributed by atoms with E-state index in [1.54, 1.807) is 12.1 Å². The van der Waals surface area contributed by atoms with Crippen LogP contribution < -0.4 is 10.6 Å². The summed E-state index contributed by atoms with van der Waals surface area (Å²) in [6.07, 6.45) is 1.50. The van der Waals surface area contributed by atoms with Gasteiger partial charge in [-0.3, -0.25) is 4.79 Å². The van der Waals surface area contributed by atoms with Crippen molar-refractivity contribution in [2.24, 2.45) is 0 Å².